The van der Waals surface area contributed by atoms with Gasteiger partial charge >= 0.3 is 5.97 Å². The van der Waals surface area contributed by atoms with E-state index in [1.54, 1.807) is 6.20 Å². The van der Waals surface area contributed by atoms with Crippen LogP contribution in [-0.4, -0.2) is 46.0 Å². The van der Waals surface area contributed by atoms with Crippen molar-refractivity contribution < 1.29 is 14.7 Å². The van der Waals surface area contributed by atoms with Gasteiger partial charge in [-0.05, 0) is 18.6 Å². The Labute approximate surface area is 111 Å². The molecule has 1 saturated heterocycles. The van der Waals surface area contributed by atoms with Crippen LogP contribution in [0.1, 0.15) is 17.7 Å². The molecular weight excluding hydrogens is 246 g/mol. The summed E-state index contributed by atoms with van der Waals surface area (Å²) in [6, 6.07) is 3.24. The number of carbonyl (C=O) groups excluding carboxylic acids is 1. The van der Waals surface area contributed by atoms with E-state index in [1.165, 1.54) is 0 Å². The van der Waals surface area contributed by atoms with Crippen LogP contribution in [0.25, 0.3) is 0 Å². The van der Waals surface area contributed by atoms with Gasteiger partial charge in [-0.15, -0.1) is 0 Å². The summed E-state index contributed by atoms with van der Waals surface area (Å²) in [5, 5.41) is 11.6. The van der Waals surface area contributed by atoms with Crippen molar-refractivity contribution in [3.8, 4) is 0 Å². The van der Waals surface area contributed by atoms with Crippen LogP contribution < -0.4 is 5.32 Å². The Kier molecular flexibility index (Phi) is 4.11. The van der Waals surface area contributed by atoms with Crippen LogP contribution in [0, 0.1) is 6.92 Å². The van der Waals surface area contributed by atoms with E-state index >= 15 is 0 Å². The summed E-state index contributed by atoms with van der Waals surface area (Å²) in [6.45, 7) is 3.63. The summed E-state index contributed by atoms with van der Waals surface area (Å²) in [7, 11) is 0. The molecule has 1 aliphatic rings. The van der Waals surface area contributed by atoms with Gasteiger partial charge in [0.1, 0.15) is 6.04 Å². The molecule has 1 unspecified atom stereocenters. The molecule has 2 heterocycles. The molecule has 1 amide bonds. The van der Waals surface area contributed by atoms with Crippen molar-refractivity contribution in [1.29, 1.82) is 0 Å². The first kappa shape index (κ1) is 13.5. The zero-order valence-corrected chi connectivity index (χ0v) is 10.8. The van der Waals surface area contributed by atoms with Crippen LogP contribution in [0.3, 0.4) is 0 Å². The molecule has 0 aromatic carbocycles. The van der Waals surface area contributed by atoms with Gasteiger partial charge in [0.15, 0.2) is 0 Å². The fraction of sp³-hybridized carbons (Fsp3) is 0.462. The Balaban J connectivity index is 2.09. The highest BCUT2D eigenvalue weighted by Crippen LogP contribution is 2.13. The number of amides is 1. The number of aryl methyl sites for hydroxylation is 1. The van der Waals surface area contributed by atoms with Gasteiger partial charge in [-0.2, -0.15) is 0 Å². The fourth-order valence-electron chi connectivity index (χ4n) is 2.14. The minimum Gasteiger partial charge on any atom is -0.481 e. The minimum absolute atomic E-state index is 0.183. The van der Waals surface area contributed by atoms with Crippen LogP contribution in [-0.2, 0) is 16.1 Å². The second kappa shape index (κ2) is 5.79. The molecule has 0 aliphatic carbocycles. The van der Waals surface area contributed by atoms with Crippen molar-refractivity contribution in [2.24, 2.45) is 0 Å². The fourth-order valence-corrected chi connectivity index (χ4v) is 2.14. The number of nitrogens with one attached hydrogen (secondary N) is 1. The number of carboxylic acid groups (broad SMARTS) is 1. The number of rotatable bonds is 4. The monoisotopic (exact) mass is 263 g/mol. The lowest BCUT2D eigenvalue weighted by Crippen LogP contribution is -2.55. The number of hydrogen-bond acceptors (Lipinski definition) is 4. The molecule has 19 heavy (non-hydrogen) atoms. The summed E-state index contributed by atoms with van der Waals surface area (Å²) in [5.74, 6) is -1.19. The number of hydrogen-bond donors (Lipinski definition) is 2. The van der Waals surface area contributed by atoms with Crippen LogP contribution in [0.5, 0.6) is 0 Å². The van der Waals surface area contributed by atoms with Gasteiger partial charge in [0, 0.05) is 25.8 Å². The molecule has 0 radical (unpaired) electrons. The summed E-state index contributed by atoms with van der Waals surface area (Å²) < 4.78 is 0. The molecule has 1 aromatic heterocycles. The van der Waals surface area contributed by atoms with Crippen molar-refractivity contribution in [1.82, 2.24) is 15.2 Å². The van der Waals surface area contributed by atoms with Crippen molar-refractivity contribution >= 4 is 11.9 Å². The Bertz CT molecular complexity index is 473. The lowest BCUT2D eigenvalue weighted by Gasteiger charge is -2.33. The van der Waals surface area contributed by atoms with Crippen LogP contribution in [0.4, 0.5) is 0 Å². The van der Waals surface area contributed by atoms with Crippen molar-refractivity contribution in [2.45, 2.75) is 25.9 Å². The zero-order chi connectivity index (χ0) is 13.8. The molecule has 0 bridgehead atoms. The predicted octanol–water partition coefficient (Wildman–Crippen LogP) is 0.165. The van der Waals surface area contributed by atoms with E-state index in [2.05, 4.69) is 10.3 Å². The van der Waals surface area contributed by atoms with Crippen molar-refractivity contribution in [3.05, 3.63) is 29.6 Å². The normalized spacial score (nSPS) is 20.1. The maximum Gasteiger partial charge on any atom is 0.305 e. The summed E-state index contributed by atoms with van der Waals surface area (Å²) >= 11 is 0. The second-order valence-corrected chi connectivity index (χ2v) is 4.70. The highest BCUT2D eigenvalue weighted by atomic mass is 16.4. The largest absolute Gasteiger partial charge is 0.481 e. The van der Waals surface area contributed by atoms with Crippen LogP contribution in [0.15, 0.2) is 18.3 Å². The predicted molar refractivity (Wildman–Crippen MR) is 68.4 cm³/mol. The third-order valence-electron chi connectivity index (χ3n) is 3.15. The standard InChI is InChI=1S/C13H17N3O3/c1-9-2-3-10(15-7-9)8-16-5-4-14-13(19)11(16)6-12(17)18/h2-3,7,11H,4-6,8H2,1H3,(H,14,19)(H,17,18). The number of piperazine rings is 1. The van der Waals surface area contributed by atoms with E-state index in [4.69, 9.17) is 5.11 Å². The van der Waals surface area contributed by atoms with E-state index < -0.39 is 12.0 Å². The molecule has 6 nitrogen and oxygen atoms in total. The molecule has 2 rings (SSSR count). The van der Waals surface area contributed by atoms with Gasteiger partial charge < -0.3 is 10.4 Å². The first-order valence-corrected chi connectivity index (χ1v) is 6.21. The second-order valence-electron chi connectivity index (χ2n) is 4.70. The number of pyridine rings is 1. The minimum atomic E-state index is -0.969. The van der Waals surface area contributed by atoms with Gasteiger partial charge in [-0.3, -0.25) is 19.5 Å². The molecule has 6 heteroatoms. The molecule has 1 aromatic rings. The summed E-state index contributed by atoms with van der Waals surface area (Å²) in [5.41, 5.74) is 1.91. The Morgan fingerprint density at radius 2 is 2.37 bits per heavy atom. The molecule has 1 atom stereocenters. The first-order chi connectivity index (χ1) is 9.06. The van der Waals surface area contributed by atoms with E-state index in [-0.39, 0.29) is 12.3 Å². The van der Waals surface area contributed by atoms with Crippen LogP contribution >= 0.6 is 0 Å². The van der Waals surface area contributed by atoms with Gasteiger partial charge in [0.25, 0.3) is 0 Å². The van der Waals surface area contributed by atoms with E-state index in [0.29, 0.717) is 19.6 Å². The summed E-state index contributed by atoms with van der Waals surface area (Å²) in [4.78, 5) is 28.7. The third kappa shape index (κ3) is 3.51. The average molecular weight is 263 g/mol. The third-order valence-corrected chi connectivity index (χ3v) is 3.15. The zero-order valence-electron chi connectivity index (χ0n) is 10.8. The molecule has 0 spiro atoms. The Hall–Kier alpha value is -1.95. The van der Waals surface area contributed by atoms with Gasteiger partial charge in [-0.25, -0.2) is 0 Å². The Morgan fingerprint density at radius 3 is 3.00 bits per heavy atom. The summed E-state index contributed by atoms with van der Waals surface area (Å²) in [6.07, 6.45) is 1.59. The molecule has 1 aliphatic heterocycles. The van der Waals surface area contributed by atoms with Gasteiger partial charge in [0.05, 0.1) is 12.1 Å². The van der Waals surface area contributed by atoms with Gasteiger partial charge in [0.2, 0.25) is 5.91 Å². The number of carboxylic acids is 1. The number of aliphatic carboxylic acids is 1. The Morgan fingerprint density at radius 1 is 1.58 bits per heavy atom. The molecule has 0 saturated carbocycles. The molecular formula is C13H17N3O3. The lowest BCUT2D eigenvalue weighted by atomic mass is 10.1. The maximum absolute atomic E-state index is 11.7. The van der Waals surface area contributed by atoms with Crippen LogP contribution in [0.2, 0.25) is 0 Å². The molecule has 1 fully saturated rings. The quantitative estimate of drug-likeness (QED) is 0.809. The average Bonchev–Trinajstić information content (AvgIpc) is 2.36. The first-order valence-electron chi connectivity index (χ1n) is 6.21. The highest BCUT2D eigenvalue weighted by Gasteiger charge is 2.31. The smallest absolute Gasteiger partial charge is 0.305 e. The number of nitrogens with zero attached hydrogens (tertiary/aromatic N) is 2. The van der Waals surface area contributed by atoms with E-state index in [1.807, 2.05) is 24.0 Å². The van der Waals surface area contributed by atoms with E-state index in [0.717, 1.165) is 11.3 Å². The highest BCUT2D eigenvalue weighted by molar-refractivity contribution is 5.86. The lowest BCUT2D eigenvalue weighted by molar-refractivity contribution is -0.143. The maximum atomic E-state index is 11.7. The van der Waals surface area contributed by atoms with Crippen molar-refractivity contribution in [3.63, 3.8) is 0 Å². The topological polar surface area (TPSA) is 82.5 Å². The van der Waals surface area contributed by atoms with Crippen molar-refractivity contribution in [2.75, 3.05) is 13.1 Å². The number of carbonyl (C=O) groups is 2. The molecule has 2 N–H and O–H groups in total. The SMILES string of the molecule is Cc1ccc(CN2CCNC(=O)C2CC(=O)O)nc1. The number of aromatic nitrogens is 1. The van der Waals surface area contributed by atoms with E-state index in [9.17, 15) is 9.59 Å². The van der Waals surface area contributed by atoms with Gasteiger partial charge in [-0.1, -0.05) is 6.07 Å². The molecule has 102 valence electrons.